The molecule has 0 bridgehead atoms. The summed E-state index contributed by atoms with van der Waals surface area (Å²) in [6.07, 6.45) is 2.87. The lowest BCUT2D eigenvalue weighted by Gasteiger charge is -2.14. The predicted octanol–water partition coefficient (Wildman–Crippen LogP) is 2.21. The van der Waals surface area contributed by atoms with Gasteiger partial charge in [-0.1, -0.05) is 13.8 Å². The monoisotopic (exact) mass is 266 g/mol. The number of aryl methyl sites for hydroxylation is 1. The molecule has 0 aromatic carbocycles. The van der Waals surface area contributed by atoms with Gasteiger partial charge in [0, 0.05) is 32.2 Å². The Labute approximate surface area is 115 Å². The summed E-state index contributed by atoms with van der Waals surface area (Å²) in [5.41, 5.74) is 1.05. The predicted molar refractivity (Wildman–Crippen MR) is 79.7 cm³/mol. The first kappa shape index (κ1) is 15.7. The molecule has 1 heterocycles. The molecule has 5 nitrogen and oxygen atoms in total. The molecule has 19 heavy (non-hydrogen) atoms. The van der Waals surface area contributed by atoms with Crippen LogP contribution >= 0.6 is 0 Å². The smallest absolute Gasteiger partial charge is 0.134 e. The van der Waals surface area contributed by atoms with Crippen molar-refractivity contribution in [2.45, 2.75) is 40.0 Å². The molecule has 1 rings (SSSR count). The van der Waals surface area contributed by atoms with Crippen LogP contribution in [0.15, 0.2) is 0 Å². The third-order valence-corrected chi connectivity index (χ3v) is 3.22. The maximum absolute atomic E-state index is 8.98. The zero-order chi connectivity index (χ0) is 14.3. The number of anilines is 2. The lowest BCUT2D eigenvalue weighted by atomic mass is 10.1. The van der Waals surface area contributed by atoms with Gasteiger partial charge in [-0.25, -0.2) is 9.97 Å². The van der Waals surface area contributed by atoms with Crippen molar-refractivity contribution >= 4 is 11.6 Å². The number of aliphatic hydroxyl groups is 1. The SMILES string of the molecule is CCc1nc(NC)c(C)c(NCCCC(C)CO)n1. The van der Waals surface area contributed by atoms with Crippen LogP contribution in [0, 0.1) is 12.8 Å². The van der Waals surface area contributed by atoms with Gasteiger partial charge in [-0.3, -0.25) is 0 Å². The van der Waals surface area contributed by atoms with Gasteiger partial charge in [0.05, 0.1) is 0 Å². The average Bonchev–Trinajstić information content (AvgIpc) is 2.44. The summed E-state index contributed by atoms with van der Waals surface area (Å²) in [5.74, 6) is 3.01. The molecule has 0 fully saturated rings. The van der Waals surface area contributed by atoms with Gasteiger partial charge < -0.3 is 15.7 Å². The number of aliphatic hydroxyl groups excluding tert-OH is 1. The van der Waals surface area contributed by atoms with Gasteiger partial charge in [-0.2, -0.15) is 0 Å². The van der Waals surface area contributed by atoms with Gasteiger partial charge in [-0.05, 0) is 25.7 Å². The fourth-order valence-electron chi connectivity index (χ4n) is 1.89. The van der Waals surface area contributed by atoms with E-state index in [1.54, 1.807) is 0 Å². The van der Waals surface area contributed by atoms with E-state index in [-0.39, 0.29) is 6.61 Å². The van der Waals surface area contributed by atoms with Gasteiger partial charge in [0.15, 0.2) is 0 Å². The minimum atomic E-state index is 0.260. The summed E-state index contributed by atoms with van der Waals surface area (Å²) in [4.78, 5) is 8.97. The van der Waals surface area contributed by atoms with Crippen molar-refractivity contribution in [1.29, 1.82) is 0 Å². The van der Waals surface area contributed by atoms with Crippen LogP contribution in [0.4, 0.5) is 11.6 Å². The third kappa shape index (κ3) is 4.67. The molecule has 0 aliphatic carbocycles. The highest BCUT2D eigenvalue weighted by molar-refractivity contribution is 5.56. The standard InChI is InChI=1S/C14H26N4O/c1-5-12-17-13(15-4)11(3)14(18-12)16-8-6-7-10(2)9-19/h10,19H,5-9H2,1-4H3,(H2,15,16,17,18). The van der Waals surface area contributed by atoms with E-state index in [1.165, 1.54) is 0 Å². The van der Waals surface area contributed by atoms with Crippen LogP contribution in [0.1, 0.15) is 38.1 Å². The molecule has 0 amide bonds. The van der Waals surface area contributed by atoms with Crippen LogP contribution in [0.2, 0.25) is 0 Å². The molecule has 3 N–H and O–H groups in total. The van der Waals surface area contributed by atoms with Crippen molar-refractivity contribution in [2.75, 3.05) is 30.8 Å². The quantitative estimate of drug-likeness (QED) is 0.629. The molecule has 0 saturated carbocycles. The van der Waals surface area contributed by atoms with E-state index in [0.717, 1.165) is 48.8 Å². The van der Waals surface area contributed by atoms with E-state index in [4.69, 9.17) is 5.11 Å². The largest absolute Gasteiger partial charge is 0.396 e. The highest BCUT2D eigenvalue weighted by atomic mass is 16.3. The molecule has 0 aliphatic rings. The molecule has 5 heteroatoms. The lowest BCUT2D eigenvalue weighted by molar-refractivity contribution is 0.229. The van der Waals surface area contributed by atoms with Crippen LogP contribution in [-0.2, 0) is 6.42 Å². The number of hydrogen-bond acceptors (Lipinski definition) is 5. The van der Waals surface area contributed by atoms with E-state index < -0.39 is 0 Å². The molecule has 1 atom stereocenters. The Morgan fingerprint density at radius 1 is 1.26 bits per heavy atom. The molecule has 1 unspecified atom stereocenters. The molecular formula is C14H26N4O. The molecule has 1 aromatic rings. The maximum atomic E-state index is 8.98. The molecule has 0 radical (unpaired) electrons. The fraction of sp³-hybridized carbons (Fsp3) is 0.714. The Morgan fingerprint density at radius 2 is 1.95 bits per heavy atom. The Balaban J connectivity index is 2.61. The van der Waals surface area contributed by atoms with E-state index in [9.17, 15) is 0 Å². The van der Waals surface area contributed by atoms with E-state index in [0.29, 0.717) is 5.92 Å². The summed E-state index contributed by atoms with van der Waals surface area (Å²) < 4.78 is 0. The summed E-state index contributed by atoms with van der Waals surface area (Å²) in [7, 11) is 1.88. The van der Waals surface area contributed by atoms with Gasteiger partial charge in [0.2, 0.25) is 0 Å². The van der Waals surface area contributed by atoms with E-state index >= 15 is 0 Å². The van der Waals surface area contributed by atoms with Gasteiger partial charge >= 0.3 is 0 Å². The van der Waals surface area contributed by atoms with E-state index in [1.807, 2.05) is 14.0 Å². The number of nitrogens with zero attached hydrogens (tertiary/aromatic N) is 2. The van der Waals surface area contributed by atoms with Crippen molar-refractivity contribution in [1.82, 2.24) is 9.97 Å². The highest BCUT2D eigenvalue weighted by Crippen LogP contribution is 2.19. The zero-order valence-electron chi connectivity index (χ0n) is 12.5. The summed E-state index contributed by atoms with van der Waals surface area (Å²) in [6.45, 7) is 7.26. The van der Waals surface area contributed by atoms with Crippen molar-refractivity contribution in [2.24, 2.45) is 5.92 Å². The zero-order valence-corrected chi connectivity index (χ0v) is 12.5. The molecule has 0 aliphatic heterocycles. The molecular weight excluding hydrogens is 240 g/mol. The Kier molecular flexibility index (Phi) is 6.56. The topological polar surface area (TPSA) is 70.1 Å². The number of aromatic nitrogens is 2. The summed E-state index contributed by atoms with van der Waals surface area (Å²) in [6, 6.07) is 0. The minimum Gasteiger partial charge on any atom is -0.396 e. The lowest BCUT2D eigenvalue weighted by Crippen LogP contribution is -2.11. The van der Waals surface area contributed by atoms with Crippen LogP contribution in [0.3, 0.4) is 0 Å². The molecule has 0 saturated heterocycles. The normalized spacial score (nSPS) is 12.3. The van der Waals surface area contributed by atoms with Gasteiger partial charge in [0.25, 0.3) is 0 Å². The number of rotatable bonds is 8. The van der Waals surface area contributed by atoms with Crippen molar-refractivity contribution < 1.29 is 5.11 Å². The second-order valence-corrected chi connectivity index (χ2v) is 4.92. The Hall–Kier alpha value is -1.36. The molecule has 1 aromatic heterocycles. The van der Waals surface area contributed by atoms with Crippen LogP contribution in [-0.4, -0.2) is 35.3 Å². The Morgan fingerprint density at radius 3 is 2.53 bits per heavy atom. The highest BCUT2D eigenvalue weighted by Gasteiger charge is 2.08. The van der Waals surface area contributed by atoms with Crippen molar-refractivity contribution in [3.63, 3.8) is 0 Å². The number of hydrogen-bond donors (Lipinski definition) is 3. The maximum Gasteiger partial charge on any atom is 0.134 e. The first-order chi connectivity index (χ1) is 9.12. The minimum absolute atomic E-state index is 0.260. The summed E-state index contributed by atoms with van der Waals surface area (Å²) >= 11 is 0. The van der Waals surface area contributed by atoms with Gasteiger partial charge in [0.1, 0.15) is 17.5 Å². The van der Waals surface area contributed by atoms with Gasteiger partial charge in [-0.15, -0.1) is 0 Å². The number of nitrogens with one attached hydrogen (secondary N) is 2. The fourth-order valence-corrected chi connectivity index (χ4v) is 1.89. The van der Waals surface area contributed by atoms with E-state index in [2.05, 4.69) is 34.4 Å². The second-order valence-electron chi connectivity index (χ2n) is 4.92. The van der Waals surface area contributed by atoms with Crippen LogP contribution in [0.5, 0.6) is 0 Å². The Bertz CT molecular complexity index is 395. The molecule has 108 valence electrons. The molecule has 0 spiro atoms. The average molecular weight is 266 g/mol. The second kappa shape index (κ2) is 7.94. The first-order valence-electron chi connectivity index (χ1n) is 7.02. The van der Waals surface area contributed by atoms with Crippen LogP contribution in [0.25, 0.3) is 0 Å². The third-order valence-electron chi connectivity index (χ3n) is 3.22. The van der Waals surface area contributed by atoms with Crippen molar-refractivity contribution in [3.8, 4) is 0 Å². The van der Waals surface area contributed by atoms with Crippen LogP contribution < -0.4 is 10.6 Å². The van der Waals surface area contributed by atoms with Crippen molar-refractivity contribution in [3.05, 3.63) is 11.4 Å². The first-order valence-corrected chi connectivity index (χ1v) is 7.02. The summed E-state index contributed by atoms with van der Waals surface area (Å²) in [5, 5.41) is 15.5.